The van der Waals surface area contributed by atoms with Crippen LogP contribution in [-0.2, 0) is 10.0 Å². The van der Waals surface area contributed by atoms with E-state index in [9.17, 15) is 13.2 Å². The second-order valence-electron chi connectivity index (χ2n) is 3.88. The van der Waals surface area contributed by atoms with Crippen LogP contribution in [0.2, 0.25) is 0 Å². The van der Waals surface area contributed by atoms with Crippen LogP contribution in [0.15, 0.2) is 29.2 Å². The Morgan fingerprint density at radius 1 is 1.25 bits per heavy atom. The Balaban J connectivity index is 2.54. The zero-order chi connectivity index (χ0) is 11.9. The molecule has 0 bridgehead atoms. The SMILES string of the molecule is CN(C)CN1C(=O)c2ccccc2S1(=O)=O. The summed E-state index contributed by atoms with van der Waals surface area (Å²) in [5.74, 6) is -0.454. The molecule has 86 valence electrons. The molecule has 2 rings (SSSR count). The first-order valence-corrected chi connectivity index (χ1v) is 6.19. The van der Waals surface area contributed by atoms with Crippen LogP contribution in [-0.4, -0.2) is 44.3 Å². The molecule has 0 aliphatic carbocycles. The van der Waals surface area contributed by atoms with E-state index in [1.807, 2.05) is 0 Å². The lowest BCUT2D eigenvalue weighted by molar-refractivity contribution is 0.0830. The van der Waals surface area contributed by atoms with E-state index in [0.29, 0.717) is 0 Å². The molecule has 1 amide bonds. The Kier molecular flexibility index (Phi) is 2.47. The van der Waals surface area contributed by atoms with Crippen molar-refractivity contribution in [2.75, 3.05) is 20.8 Å². The molecule has 0 spiro atoms. The highest BCUT2D eigenvalue weighted by atomic mass is 32.2. The monoisotopic (exact) mass is 240 g/mol. The van der Waals surface area contributed by atoms with E-state index in [4.69, 9.17) is 0 Å². The summed E-state index contributed by atoms with van der Waals surface area (Å²) < 4.78 is 24.9. The molecule has 0 unspecified atom stereocenters. The van der Waals surface area contributed by atoms with Gasteiger partial charge in [0.25, 0.3) is 15.9 Å². The second-order valence-corrected chi connectivity index (χ2v) is 5.71. The van der Waals surface area contributed by atoms with Gasteiger partial charge in [-0.3, -0.25) is 9.69 Å². The molecule has 0 radical (unpaired) electrons. The van der Waals surface area contributed by atoms with Gasteiger partial charge in [0.1, 0.15) is 4.90 Å². The van der Waals surface area contributed by atoms with Crippen LogP contribution in [0.5, 0.6) is 0 Å². The normalized spacial score (nSPS) is 17.9. The highest BCUT2D eigenvalue weighted by molar-refractivity contribution is 7.90. The average molecular weight is 240 g/mol. The first-order valence-electron chi connectivity index (χ1n) is 4.75. The second kappa shape index (κ2) is 3.57. The van der Waals surface area contributed by atoms with Gasteiger partial charge in [-0.2, -0.15) is 0 Å². The van der Waals surface area contributed by atoms with Crippen LogP contribution in [0, 0.1) is 0 Å². The third kappa shape index (κ3) is 1.50. The first-order chi connectivity index (χ1) is 7.44. The number of hydrogen-bond acceptors (Lipinski definition) is 4. The van der Waals surface area contributed by atoms with Crippen molar-refractivity contribution in [2.24, 2.45) is 0 Å². The number of benzene rings is 1. The Labute approximate surface area is 94.3 Å². The summed E-state index contributed by atoms with van der Waals surface area (Å²) in [4.78, 5) is 13.6. The quantitative estimate of drug-likeness (QED) is 0.748. The largest absolute Gasteiger partial charge is 0.291 e. The van der Waals surface area contributed by atoms with E-state index in [2.05, 4.69) is 0 Å². The zero-order valence-electron chi connectivity index (χ0n) is 9.04. The van der Waals surface area contributed by atoms with Crippen LogP contribution in [0.4, 0.5) is 0 Å². The fourth-order valence-electron chi connectivity index (χ4n) is 1.63. The summed E-state index contributed by atoms with van der Waals surface area (Å²) in [6.45, 7) is 0.0653. The predicted molar refractivity (Wildman–Crippen MR) is 58.4 cm³/mol. The molecule has 1 aliphatic rings. The van der Waals surface area contributed by atoms with Gasteiger partial charge in [0.15, 0.2) is 0 Å². The van der Waals surface area contributed by atoms with E-state index in [-0.39, 0.29) is 17.1 Å². The fourth-order valence-corrected chi connectivity index (χ4v) is 3.25. The number of hydrogen-bond donors (Lipinski definition) is 0. The van der Waals surface area contributed by atoms with Gasteiger partial charge in [-0.25, -0.2) is 12.7 Å². The van der Waals surface area contributed by atoms with Crippen molar-refractivity contribution in [2.45, 2.75) is 4.90 Å². The summed E-state index contributed by atoms with van der Waals surface area (Å²) in [5.41, 5.74) is 0.254. The summed E-state index contributed by atoms with van der Waals surface area (Å²) in [5, 5.41) is 0. The minimum atomic E-state index is -3.65. The van der Waals surface area contributed by atoms with Gasteiger partial charge in [-0.05, 0) is 26.2 Å². The van der Waals surface area contributed by atoms with Crippen LogP contribution < -0.4 is 0 Å². The van der Waals surface area contributed by atoms with Crippen molar-refractivity contribution in [3.63, 3.8) is 0 Å². The number of carbonyl (C=O) groups excluding carboxylic acids is 1. The molecule has 16 heavy (non-hydrogen) atoms. The van der Waals surface area contributed by atoms with Crippen molar-refractivity contribution in [3.05, 3.63) is 29.8 Å². The lowest BCUT2D eigenvalue weighted by Crippen LogP contribution is -2.37. The molecular weight excluding hydrogens is 228 g/mol. The number of rotatable bonds is 2. The minimum Gasteiger partial charge on any atom is -0.291 e. The van der Waals surface area contributed by atoms with Crippen molar-refractivity contribution in [1.82, 2.24) is 9.21 Å². The van der Waals surface area contributed by atoms with Crippen LogP contribution in [0.1, 0.15) is 10.4 Å². The number of sulfonamides is 1. The maximum absolute atomic E-state index is 12.0. The number of amides is 1. The van der Waals surface area contributed by atoms with Gasteiger partial charge in [0.2, 0.25) is 0 Å². The number of carbonyl (C=O) groups is 1. The molecule has 0 N–H and O–H groups in total. The van der Waals surface area contributed by atoms with E-state index in [1.165, 1.54) is 12.1 Å². The maximum atomic E-state index is 12.0. The topological polar surface area (TPSA) is 57.7 Å². The Morgan fingerprint density at radius 3 is 2.44 bits per heavy atom. The average Bonchev–Trinajstić information content (AvgIpc) is 2.41. The van der Waals surface area contributed by atoms with Gasteiger partial charge < -0.3 is 0 Å². The molecular formula is C10H12N2O3S. The van der Waals surface area contributed by atoms with Gasteiger partial charge >= 0.3 is 0 Å². The molecule has 1 aliphatic heterocycles. The Bertz CT molecular complexity index is 537. The van der Waals surface area contributed by atoms with E-state index in [0.717, 1.165) is 4.31 Å². The third-order valence-electron chi connectivity index (χ3n) is 2.32. The van der Waals surface area contributed by atoms with Crippen LogP contribution in [0.25, 0.3) is 0 Å². The minimum absolute atomic E-state index is 0.0653. The molecule has 0 saturated carbocycles. The molecule has 0 atom stereocenters. The van der Waals surface area contributed by atoms with Gasteiger partial charge in [-0.15, -0.1) is 0 Å². The lowest BCUT2D eigenvalue weighted by Gasteiger charge is -2.19. The van der Waals surface area contributed by atoms with Crippen molar-refractivity contribution in [1.29, 1.82) is 0 Å². The van der Waals surface area contributed by atoms with Gasteiger partial charge in [-0.1, -0.05) is 12.1 Å². The molecule has 0 fully saturated rings. The third-order valence-corrected chi connectivity index (χ3v) is 4.10. The molecule has 5 nitrogen and oxygen atoms in total. The van der Waals surface area contributed by atoms with Crippen molar-refractivity contribution in [3.8, 4) is 0 Å². The van der Waals surface area contributed by atoms with Gasteiger partial charge in [0.05, 0.1) is 12.2 Å². The molecule has 0 aromatic heterocycles. The fraction of sp³-hybridized carbons (Fsp3) is 0.300. The van der Waals surface area contributed by atoms with Crippen LogP contribution >= 0.6 is 0 Å². The summed E-state index contributed by atoms with van der Waals surface area (Å²) in [6.07, 6.45) is 0. The van der Waals surface area contributed by atoms with Crippen molar-refractivity contribution < 1.29 is 13.2 Å². The summed E-state index contributed by atoms with van der Waals surface area (Å²) >= 11 is 0. The first kappa shape index (κ1) is 11.1. The Hall–Kier alpha value is -1.40. The summed E-state index contributed by atoms with van der Waals surface area (Å²) in [7, 11) is -0.220. The number of fused-ring (bicyclic) bond motifs is 1. The maximum Gasteiger partial charge on any atom is 0.270 e. The number of nitrogens with zero attached hydrogens (tertiary/aromatic N) is 2. The van der Waals surface area contributed by atoms with Crippen molar-refractivity contribution >= 4 is 15.9 Å². The predicted octanol–water partition coefficient (Wildman–Crippen LogP) is 0.350. The summed E-state index contributed by atoms with van der Waals surface area (Å²) in [6, 6.07) is 6.26. The molecule has 6 heteroatoms. The standard InChI is InChI=1S/C10H12N2O3S/c1-11(2)7-12-10(13)8-5-3-4-6-9(8)16(12,14)15/h3-6H,7H2,1-2H3. The smallest absolute Gasteiger partial charge is 0.270 e. The zero-order valence-corrected chi connectivity index (χ0v) is 9.86. The van der Waals surface area contributed by atoms with Crippen LogP contribution in [0.3, 0.4) is 0 Å². The highest BCUT2D eigenvalue weighted by Gasteiger charge is 2.40. The van der Waals surface area contributed by atoms with E-state index in [1.54, 1.807) is 31.1 Å². The Morgan fingerprint density at radius 2 is 1.88 bits per heavy atom. The van der Waals surface area contributed by atoms with E-state index < -0.39 is 15.9 Å². The lowest BCUT2D eigenvalue weighted by atomic mass is 10.2. The molecule has 1 aromatic carbocycles. The van der Waals surface area contributed by atoms with Gasteiger partial charge in [0, 0.05) is 0 Å². The highest BCUT2D eigenvalue weighted by Crippen LogP contribution is 2.29. The molecule has 1 heterocycles. The molecule has 1 aromatic rings. The molecule has 0 saturated heterocycles. The van der Waals surface area contributed by atoms with E-state index >= 15 is 0 Å².